The first kappa shape index (κ1) is 14.6. The number of amides is 1. The van der Waals surface area contributed by atoms with Crippen molar-refractivity contribution in [1.82, 2.24) is 5.32 Å². The minimum absolute atomic E-state index is 0.0453. The van der Waals surface area contributed by atoms with E-state index in [2.05, 4.69) is 5.32 Å². The number of carbonyl (C=O) groups excluding carboxylic acids is 1. The molecule has 110 valence electrons. The highest BCUT2D eigenvalue weighted by Crippen LogP contribution is 2.29. The van der Waals surface area contributed by atoms with Crippen molar-refractivity contribution >= 4 is 11.9 Å². The molecule has 5 heteroatoms. The molecule has 0 aliphatic heterocycles. The Balaban J connectivity index is 1.72. The van der Waals surface area contributed by atoms with Gasteiger partial charge in [0, 0.05) is 19.4 Å². The van der Waals surface area contributed by atoms with E-state index in [0.29, 0.717) is 19.4 Å². The summed E-state index contributed by atoms with van der Waals surface area (Å²) in [4.78, 5) is 22.9. The summed E-state index contributed by atoms with van der Waals surface area (Å²) < 4.78 is 5.17. The lowest BCUT2D eigenvalue weighted by Gasteiger charge is -2.28. The van der Waals surface area contributed by atoms with E-state index in [0.717, 1.165) is 31.4 Å². The Morgan fingerprint density at radius 3 is 2.85 bits per heavy atom. The van der Waals surface area contributed by atoms with Crippen molar-refractivity contribution in [2.75, 3.05) is 6.54 Å². The molecule has 1 fully saturated rings. The number of hydrogen-bond donors (Lipinski definition) is 2. The van der Waals surface area contributed by atoms with Crippen LogP contribution in [0.3, 0.4) is 0 Å². The van der Waals surface area contributed by atoms with Crippen LogP contribution in [0.15, 0.2) is 22.8 Å². The molecule has 1 saturated carbocycles. The molecule has 1 aromatic rings. The maximum atomic E-state index is 11.8. The van der Waals surface area contributed by atoms with Crippen molar-refractivity contribution in [3.05, 3.63) is 24.2 Å². The van der Waals surface area contributed by atoms with Gasteiger partial charge in [-0.2, -0.15) is 0 Å². The van der Waals surface area contributed by atoms with E-state index >= 15 is 0 Å². The van der Waals surface area contributed by atoms with Crippen molar-refractivity contribution in [2.24, 2.45) is 11.8 Å². The van der Waals surface area contributed by atoms with Crippen LogP contribution in [0, 0.1) is 11.8 Å². The fraction of sp³-hybridized carbons (Fsp3) is 0.600. The Morgan fingerprint density at radius 2 is 2.15 bits per heavy atom. The summed E-state index contributed by atoms with van der Waals surface area (Å²) in [6, 6.07) is 3.64. The second-order valence-electron chi connectivity index (χ2n) is 5.37. The van der Waals surface area contributed by atoms with Gasteiger partial charge in [-0.05, 0) is 30.9 Å². The Hall–Kier alpha value is -1.78. The van der Waals surface area contributed by atoms with Crippen LogP contribution < -0.4 is 5.32 Å². The molecule has 0 radical (unpaired) electrons. The number of rotatable bonds is 6. The molecular formula is C15H21NO4. The van der Waals surface area contributed by atoms with Gasteiger partial charge in [-0.1, -0.05) is 12.8 Å². The Morgan fingerprint density at radius 1 is 1.35 bits per heavy atom. The first-order valence-electron chi connectivity index (χ1n) is 7.18. The average molecular weight is 279 g/mol. The first-order chi connectivity index (χ1) is 9.66. The molecular weight excluding hydrogens is 258 g/mol. The number of hydrogen-bond acceptors (Lipinski definition) is 3. The van der Waals surface area contributed by atoms with Gasteiger partial charge in [0.2, 0.25) is 5.91 Å². The van der Waals surface area contributed by atoms with Crippen molar-refractivity contribution in [2.45, 2.75) is 38.5 Å². The molecule has 1 aromatic heterocycles. The molecule has 0 bridgehead atoms. The maximum Gasteiger partial charge on any atom is 0.306 e. The summed E-state index contributed by atoms with van der Waals surface area (Å²) >= 11 is 0. The lowest BCUT2D eigenvalue weighted by Crippen LogP contribution is -2.37. The standard InChI is InChI=1S/C15H21NO4/c17-14(8-7-12-5-3-9-20-12)16-10-11-4-1-2-6-13(11)15(18)19/h3,5,9,11,13H,1-2,4,6-8,10H2,(H,16,17)(H,18,19). The van der Waals surface area contributed by atoms with Gasteiger partial charge in [-0.15, -0.1) is 0 Å². The zero-order valence-corrected chi connectivity index (χ0v) is 11.5. The van der Waals surface area contributed by atoms with Gasteiger partial charge in [0.05, 0.1) is 12.2 Å². The van der Waals surface area contributed by atoms with Crippen molar-refractivity contribution < 1.29 is 19.1 Å². The lowest BCUT2D eigenvalue weighted by molar-refractivity contribution is -0.145. The SMILES string of the molecule is O=C(CCc1ccco1)NCC1CCCCC1C(=O)O. The smallest absolute Gasteiger partial charge is 0.306 e. The summed E-state index contributed by atoms with van der Waals surface area (Å²) in [5.41, 5.74) is 0. The van der Waals surface area contributed by atoms with Crippen LogP contribution in [0.25, 0.3) is 0 Å². The molecule has 0 spiro atoms. The van der Waals surface area contributed by atoms with E-state index in [4.69, 9.17) is 4.42 Å². The summed E-state index contributed by atoms with van der Waals surface area (Å²) in [6.45, 7) is 0.466. The fourth-order valence-corrected chi connectivity index (χ4v) is 2.80. The van der Waals surface area contributed by atoms with Gasteiger partial charge in [-0.3, -0.25) is 9.59 Å². The molecule has 1 aliphatic carbocycles. The van der Waals surface area contributed by atoms with Crippen LogP contribution >= 0.6 is 0 Å². The van der Waals surface area contributed by atoms with E-state index in [1.807, 2.05) is 6.07 Å². The summed E-state index contributed by atoms with van der Waals surface area (Å²) in [5, 5.41) is 12.0. The zero-order valence-electron chi connectivity index (χ0n) is 11.5. The Kier molecular flexibility index (Phi) is 5.21. The second kappa shape index (κ2) is 7.12. The molecule has 20 heavy (non-hydrogen) atoms. The molecule has 2 rings (SSSR count). The topological polar surface area (TPSA) is 79.5 Å². The number of nitrogens with one attached hydrogen (secondary N) is 1. The van der Waals surface area contributed by atoms with Gasteiger partial charge in [0.15, 0.2) is 0 Å². The van der Waals surface area contributed by atoms with Gasteiger partial charge < -0.3 is 14.8 Å². The number of aliphatic carboxylic acids is 1. The highest BCUT2D eigenvalue weighted by Gasteiger charge is 2.30. The van der Waals surface area contributed by atoms with Crippen LogP contribution in [0.2, 0.25) is 0 Å². The molecule has 0 aromatic carbocycles. The third-order valence-corrected chi connectivity index (χ3v) is 3.97. The number of carboxylic acid groups (broad SMARTS) is 1. The molecule has 2 atom stereocenters. The average Bonchev–Trinajstić information content (AvgIpc) is 2.96. The number of carbonyl (C=O) groups is 2. The zero-order chi connectivity index (χ0) is 14.4. The fourth-order valence-electron chi connectivity index (χ4n) is 2.80. The molecule has 5 nitrogen and oxygen atoms in total. The monoisotopic (exact) mass is 279 g/mol. The normalized spacial score (nSPS) is 22.4. The quantitative estimate of drug-likeness (QED) is 0.836. The van der Waals surface area contributed by atoms with E-state index < -0.39 is 5.97 Å². The molecule has 2 unspecified atom stereocenters. The van der Waals surface area contributed by atoms with E-state index in [9.17, 15) is 14.7 Å². The highest BCUT2D eigenvalue weighted by atomic mass is 16.4. The second-order valence-corrected chi connectivity index (χ2v) is 5.37. The Bertz CT molecular complexity index is 441. The van der Waals surface area contributed by atoms with Crippen LogP contribution in [0.1, 0.15) is 37.9 Å². The van der Waals surface area contributed by atoms with Crippen molar-refractivity contribution in [1.29, 1.82) is 0 Å². The van der Waals surface area contributed by atoms with Crippen LogP contribution in [-0.4, -0.2) is 23.5 Å². The molecule has 1 amide bonds. The summed E-state index contributed by atoms with van der Waals surface area (Å²) in [6.07, 6.45) is 6.17. The van der Waals surface area contributed by atoms with Gasteiger partial charge in [0.25, 0.3) is 0 Å². The minimum atomic E-state index is -0.737. The van der Waals surface area contributed by atoms with Crippen molar-refractivity contribution in [3.8, 4) is 0 Å². The van der Waals surface area contributed by atoms with Crippen molar-refractivity contribution in [3.63, 3.8) is 0 Å². The number of furan rings is 1. The third kappa shape index (κ3) is 4.11. The summed E-state index contributed by atoms with van der Waals surface area (Å²) in [7, 11) is 0. The lowest BCUT2D eigenvalue weighted by atomic mass is 9.79. The van der Waals surface area contributed by atoms with Crippen LogP contribution in [0.4, 0.5) is 0 Å². The molecule has 1 aliphatic rings. The molecule has 2 N–H and O–H groups in total. The van der Waals surface area contributed by atoms with E-state index in [1.54, 1.807) is 12.3 Å². The first-order valence-corrected chi connectivity index (χ1v) is 7.18. The van der Waals surface area contributed by atoms with E-state index in [-0.39, 0.29) is 17.7 Å². The predicted molar refractivity (Wildman–Crippen MR) is 73.1 cm³/mol. The minimum Gasteiger partial charge on any atom is -0.481 e. The predicted octanol–water partition coefficient (Wildman–Crippen LogP) is 2.22. The summed E-state index contributed by atoms with van der Waals surface area (Å²) in [5.74, 6) is -0.236. The van der Waals surface area contributed by atoms with Gasteiger partial charge in [0.1, 0.15) is 5.76 Å². The molecule has 1 heterocycles. The number of carboxylic acids is 1. The van der Waals surface area contributed by atoms with Crippen LogP contribution in [0.5, 0.6) is 0 Å². The van der Waals surface area contributed by atoms with Gasteiger partial charge >= 0.3 is 5.97 Å². The van der Waals surface area contributed by atoms with Crippen LogP contribution in [-0.2, 0) is 16.0 Å². The van der Waals surface area contributed by atoms with Gasteiger partial charge in [-0.25, -0.2) is 0 Å². The maximum absolute atomic E-state index is 11.8. The molecule has 0 saturated heterocycles. The largest absolute Gasteiger partial charge is 0.481 e. The van der Waals surface area contributed by atoms with E-state index in [1.165, 1.54) is 0 Å². The Labute approximate surface area is 118 Å². The third-order valence-electron chi connectivity index (χ3n) is 3.97. The highest BCUT2D eigenvalue weighted by molar-refractivity contribution is 5.76. The number of aryl methyl sites for hydroxylation is 1.